The third-order valence-electron chi connectivity index (χ3n) is 7.57. The summed E-state index contributed by atoms with van der Waals surface area (Å²) in [6.07, 6.45) is 0. The van der Waals surface area contributed by atoms with Crippen LogP contribution in [0.5, 0.6) is 11.5 Å². The lowest BCUT2D eigenvalue weighted by molar-refractivity contribution is 0.0448. The second-order valence-corrected chi connectivity index (χ2v) is 10.9. The lowest BCUT2D eigenvalue weighted by atomic mass is 9.97. The summed E-state index contributed by atoms with van der Waals surface area (Å²) in [7, 11) is 2.87. The molecule has 0 saturated heterocycles. The summed E-state index contributed by atoms with van der Waals surface area (Å²) in [6, 6.07) is 14.6. The van der Waals surface area contributed by atoms with E-state index < -0.39 is 93.9 Å². The van der Waals surface area contributed by atoms with Gasteiger partial charge in [-0.3, -0.25) is 0 Å². The molecule has 274 valence electrons. The van der Waals surface area contributed by atoms with Gasteiger partial charge >= 0.3 is 11.9 Å². The molecule has 0 saturated carbocycles. The molecule has 0 unspecified atom stereocenters. The Morgan fingerprint density at radius 2 is 0.833 bits per heavy atom. The zero-order chi connectivity index (χ0) is 39.1. The van der Waals surface area contributed by atoms with E-state index in [0.717, 1.165) is 12.1 Å². The van der Waals surface area contributed by atoms with Crippen LogP contribution in [0.25, 0.3) is 0 Å². The van der Waals surface area contributed by atoms with Crippen LogP contribution in [0, 0.1) is 70.2 Å². The van der Waals surface area contributed by atoms with Crippen molar-refractivity contribution in [3.63, 3.8) is 0 Å². The van der Waals surface area contributed by atoms with Crippen molar-refractivity contribution in [2.75, 3.05) is 14.2 Å². The van der Waals surface area contributed by atoms with Crippen LogP contribution in [0.1, 0.15) is 54.1 Å². The normalized spacial score (nSPS) is 10.4. The molecule has 0 amide bonds. The quantitative estimate of drug-likeness (QED) is 0.0523. The highest BCUT2D eigenvalue weighted by atomic mass is 19.2. The molecule has 0 aliphatic carbocycles. The molecular formula is C40H22F8O6. The van der Waals surface area contributed by atoms with E-state index in [1.54, 1.807) is 48.5 Å². The molecule has 0 aliphatic rings. The minimum absolute atomic E-state index is 0.0681. The summed E-state index contributed by atoms with van der Waals surface area (Å²) in [5, 5.41) is 0. The minimum atomic E-state index is -2.00. The van der Waals surface area contributed by atoms with E-state index in [0.29, 0.717) is 22.6 Å². The second kappa shape index (κ2) is 16.7. The van der Waals surface area contributed by atoms with Gasteiger partial charge in [-0.1, -0.05) is 23.7 Å². The Balaban J connectivity index is 1.62. The fraction of sp³-hybridized carbons (Fsp3) is 0.100. The Kier molecular flexibility index (Phi) is 11.9. The summed E-state index contributed by atoms with van der Waals surface area (Å²) in [5.41, 5.74) is -2.88. The number of methoxy groups -OCH3 is 2. The highest BCUT2D eigenvalue weighted by molar-refractivity contribution is 5.98. The average molecular weight is 751 g/mol. The van der Waals surface area contributed by atoms with Crippen molar-refractivity contribution < 1.29 is 63.7 Å². The predicted molar refractivity (Wildman–Crippen MR) is 175 cm³/mol. The fourth-order valence-electron chi connectivity index (χ4n) is 4.68. The maximum absolute atomic E-state index is 14.4. The standard InChI is InChI=1S/C40H22F8O6/c1-51-25-11-5-21(6-12-25)3-9-23-15-28(40(50)54-20-30-32(42)18-34(44)38(48)36(30)46)24(10-4-22-7-13-26(52-2)14-8-22)16-27(23)39(49)53-19-29-31(41)17-33(43)37(47)35(29)45/h5-8,11-18H,19-20H2,1-2H3. The van der Waals surface area contributed by atoms with Gasteiger partial charge in [-0.25, -0.2) is 44.7 Å². The van der Waals surface area contributed by atoms with Gasteiger partial charge in [0.25, 0.3) is 0 Å². The average Bonchev–Trinajstić information content (AvgIpc) is 3.17. The molecule has 0 aromatic heterocycles. The number of benzene rings is 5. The Morgan fingerprint density at radius 1 is 0.481 bits per heavy atom. The van der Waals surface area contributed by atoms with Crippen molar-refractivity contribution in [2.45, 2.75) is 13.2 Å². The molecule has 0 radical (unpaired) electrons. The molecule has 0 N–H and O–H groups in total. The summed E-state index contributed by atoms with van der Waals surface area (Å²) >= 11 is 0. The van der Waals surface area contributed by atoms with Crippen molar-refractivity contribution in [3.05, 3.63) is 164 Å². The van der Waals surface area contributed by atoms with Gasteiger partial charge in [-0.15, -0.1) is 0 Å². The third-order valence-corrected chi connectivity index (χ3v) is 7.57. The van der Waals surface area contributed by atoms with Gasteiger partial charge in [0.05, 0.1) is 36.5 Å². The zero-order valence-electron chi connectivity index (χ0n) is 27.8. The van der Waals surface area contributed by atoms with E-state index in [4.69, 9.17) is 18.9 Å². The van der Waals surface area contributed by atoms with Crippen molar-refractivity contribution >= 4 is 11.9 Å². The van der Waals surface area contributed by atoms with Crippen LogP contribution < -0.4 is 9.47 Å². The molecule has 6 nitrogen and oxygen atoms in total. The summed E-state index contributed by atoms with van der Waals surface area (Å²) in [5.74, 6) is -5.39. The van der Waals surface area contributed by atoms with Crippen LogP contribution in [0.2, 0.25) is 0 Å². The number of carbonyl (C=O) groups excluding carboxylic acids is 2. The van der Waals surface area contributed by atoms with Crippen molar-refractivity contribution in [3.8, 4) is 35.2 Å². The van der Waals surface area contributed by atoms with Gasteiger partial charge in [0, 0.05) is 34.4 Å². The fourth-order valence-corrected chi connectivity index (χ4v) is 4.68. The van der Waals surface area contributed by atoms with E-state index in [9.17, 15) is 44.7 Å². The maximum atomic E-state index is 14.4. The van der Waals surface area contributed by atoms with E-state index in [1.165, 1.54) is 14.2 Å². The zero-order valence-corrected chi connectivity index (χ0v) is 27.8. The summed E-state index contributed by atoms with van der Waals surface area (Å²) < 4.78 is 133. The highest BCUT2D eigenvalue weighted by Crippen LogP contribution is 2.25. The van der Waals surface area contributed by atoms with Crippen LogP contribution in [0.4, 0.5) is 35.1 Å². The molecule has 0 spiro atoms. The van der Waals surface area contributed by atoms with Gasteiger partial charge in [0.15, 0.2) is 34.9 Å². The largest absolute Gasteiger partial charge is 0.497 e. The maximum Gasteiger partial charge on any atom is 0.339 e. The monoisotopic (exact) mass is 750 g/mol. The van der Waals surface area contributed by atoms with Crippen LogP contribution >= 0.6 is 0 Å². The van der Waals surface area contributed by atoms with Crippen molar-refractivity contribution in [1.29, 1.82) is 0 Å². The number of esters is 2. The number of halogens is 8. The van der Waals surface area contributed by atoms with E-state index in [2.05, 4.69) is 23.7 Å². The number of hydrogen-bond acceptors (Lipinski definition) is 6. The summed E-state index contributed by atoms with van der Waals surface area (Å²) in [4.78, 5) is 27.0. The van der Waals surface area contributed by atoms with Gasteiger partial charge in [0.2, 0.25) is 0 Å². The highest BCUT2D eigenvalue weighted by Gasteiger charge is 2.25. The van der Waals surface area contributed by atoms with Crippen LogP contribution in [-0.2, 0) is 22.7 Å². The molecule has 14 heteroatoms. The lowest BCUT2D eigenvalue weighted by Crippen LogP contribution is -2.14. The van der Waals surface area contributed by atoms with Gasteiger partial charge in [-0.05, 0) is 60.7 Å². The number of rotatable bonds is 8. The first-order valence-corrected chi connectivity index (χ1v) is 15.3. The predicted octanol–water partition coefficient (Wildman–Crippen LogP) is 8.33. The van der Waals surface area contributed by atoms with Gasteiger partial charge in [0.1, 0.15) is 36.3 Å². The molecule has 0 bridgehead atoms. The molecule has 5 aromatic rings. The number of ether oxygens (including phenoxy) is 4. The number of hydrogen-bond donors (Lipinski definition) is 0. The summed E-state index contributed by atoms with van der Waals surface area (Å²) in [6.45, 7) is -2.41. The Hall–Kier alpha value is -6.80. The first kappa shape index (κ1) is 38.4. The second-order valence-electron chi connectivity index (χ2n) is 10.9. The minimum Gasteiger partial charge on any atom is -0.497 e. The first-order chi connectivity index (χ1) is 25.8. The molecule has 5 aromatic carbocycles. The Bertz CT molecular complexity index is 2220. The first-order valence-electron chi connectivity index (χ1n) is 15.3. The van der Waals surface area contributed by atoms with Gasteiger partial charge < -0.3 is 18.9 Å². The van der Waals surface area contributed by atoms with E-state index in [1.807, 2.05) is 0 Å². The van der Waals surface area contributed by atoms with Crippen molar-refractivity contribution in [1.82, 2.24) is 0 Å². The Morgan fingerprint density at radius 3 is 1.17 bits per heavy atom. The van der Waals surface area contributed by atoms with E-state index in [-0.39, 0.29) is 23.3 Å². The van der Waals surface area contributed by atoms with Crippen LogP contribution in [-0.4, -0.2) is 26.2 Å². The van der Waals surface area contributed by atoms with Crippen LogP contribution in [0.15, 0.2) is 72.8 Å². The van der Waals surface area contributed by atoms with Gasteiger partial charge in [-0.2, -0.15) is 0 Å². The number of carbonyl (C=O) groups is 2. The molecular weight excluding hydrogens is 728 g/mol. The molecule has 0 fully saturated rings. The third kappa shape index (κ3) is 8.62. The SMILES string of the molecule is COc1ccc(C#Cc2cc(C(=O)OCc3c(F)cc(F)c(F)c3F)c(C#Cc3ccc(OC)cc3)cc2C(=O)OCc2c(F)cc(F)c(F)c2F)cc1. The van der Waals surface area contributed by atoms with Crippen molar-refractivity contribution in [2.24, 2.45) is 0 Å². The van der Waals surface area contributed by atoms with E-state index >= 15 is 0 Å². The molecule has 0 aliphatic heterocycles. The molecule has 54 heavy (non-hydrogen) atoms. The Labute approximate surface area is 301 Å². The topological polar surface area (TPSA) is 71.1 Å². The molecule has 0 heterocycles. The lowest BCUT2D eigenvalue weighted by Gasteiger charge is -2.13. The smallest absolute Gasteiger partial charge is 0.339 e. The van der Waals surface area contributed by atoms with Crippen LogP contribution in [0.3, 0.4) is 0 Å². The molecule has 5 rings (SSSR count). The molecule has 0 atom stereocenters.